The molecule has 0 bridgehead atoms. The summed E-state index contributed by atoms with van der Waals surface area (Å²) in [5.74, 6) is 0.613. The molecule has 2 atom stereocenters. The van der Waals surface area contributed by atoms with Crippen LogP contribution in [-0.2, 0) is 0 Å². The molecule has 0 aromatic carbocycles. The molecule has 0 saturated heterocycles. The minimum Gasteiger partial charge on any atom is -0.387 e. The van der Waals surface area contributed by atoms with Crippen molar-refractivity contribution in [2.24, 2.45) is 5.92 Å². The smallest absolute Gasteiger partial charge is 0.104 e. The molecular weight excluding hydrogens is 208 g/mol. The van der Waals surface area contributed by atoms with Crippen molar-refractivity contribution in [3.8, 4) is 0 Å². The zero-order valence-corrected chi connectivity index (χ0v) is 10.3. The van der Waals surface area contributed by atoms with Crippen molar-refractivity contribution in [2.45, 2.75) is 52.1 Å². The van der Waals surface area contributed by atoms with E-state index in [9.17, 15) is 5.11 Å². The molecule has 1 rings (SSSR count). The van der Waals surface area contributed by atoms with Crippen LogP contribution in [0.5, 0.6) is 0 Å². The molecule has 1 N–H and O–H groups in total. The number of nitrogens with zero attached hydrogens (tertiary/aromatic N) is 2. The normalized spacial score (nSPS) is 15.1. The van der Waals surface area contributed by atoms with Crippen LogP contribution in [-0.4, -0.2) is 14.7 Å². The first-order valence-corrected chi connectivity index (χ1v) is 6.56. The predicted molar refractivity (Wildman–Crippen MR) is 62.8 cm³/mol. The van der Waals surface area contributed by atoms with Gasteiger partial charge >= 0.3 is 0 Å². The number of aliphatic hydroxyl groups excluding tert-OH is 1. The quantitative estimate of drug-likeness (QED) is 0.779. The minimum atomic E-state index is -0.425. The summed E-state index contributed by atoms with van der Waals surface area (Å²) in [4.78, 5) is 0. The first-order valence-electron chi connectivity index (χ1n) is 5.72. The maximum absolute atomic E-state index is 9.91. The van der Waals surface area contributed by atoms with E-state index < -0.39 is 6.10 Å². The van der Waals surface area contributed by atoms with E-state index in [0.717, 1.165) is 18.5 Å². The van der Waals surface area contributed by atoms with Gasteiger partial charge in [0.1, 0.15) is 5.69 Å². The Kier molecular flexibility index (Phi) is 5.79. The van der Waals surface area contributed by atoms with Crippen LogP contribution in [0.25, 0.3) is 0 Å². The zero-order chi connectivity index (χ0) is 11.1. The number of aliphatic hydroxyl groups is 1. The highest BCUT2D eigenvalue weighted by Crippen LogP contribution is 2.25. The third-order valence-electron chi connectivity index (χ3n) is 2.82. The third-order valence-corrected chi connectivity index (χ3v) is 3.34. The number of rotatable bonds is 7. The number of unbranched alkanes of at least 4 members (excludes halogenated alkanes) is 1. The molecular formula is C11H20N2OS. The highest BCUT2D eigenvalue weighted by Gasteiger charge is 2.16. The molecule has 0 fully saturated rings. The van der Waals surface area contributed by atoms with Gasteiger partial charge in [-0.1, -0.05) is 44.0 Å². The number of aromatic nitrogens is 2. The van der Waals surface area contributed by atoms with E-state index in [-0.39, 0.29) is 0 Å². The fourth-order valence-corrected chi connectivity index (χ4v) is 2.24. The summed E-state index contributed by atoms with van der Waals surface area (Å²) in [5.41, 5.74) is 0.731. The van der Waals surface area contributed by atoms with Crippen molar-refractivity contribution in [1.29, 1.82) is 0 Å². The lowest BCUT2D eigenvalue weighted by Crippen LogP contribution is -2.07. The van der Waals surface area contributed by atoms with Gasteiger partial charge in [-0.05, 0) is 23.9 Å². The fraction of sp³-hybridized carbons (Fsp3) is 0.818. The summed E-state index contributed by atoms with van der Waals surface area (Å²) in [6.45, 7) is 4.39. The summed E-state index contributed by atoms with van der Waals surface area (Å²) in [6, 6.07) is 0. The molecule has 0 radical (unpaired) electrons. The van der Waals surface area contributed by atoms with Crippen LogP contribution in [0.15, 0.2) is 5.38 Å². The van der Waals surface area contributed by atoms with Crippen molar-refractivity contribution in [3.63, 3.8) is 0 Å². The van der Waals surface area contributed by atoms with Gasteiger partial charge < -0.3 is 5.11 Å². The Labute approximate surface area is 95.7 Å². The summed E-state index contributed by atoms with van der Waals surface area (Å²) >= 11 is 1.30. The highest BCUT2D eigenvalue weighted by molar-refractivity contribution is 7.03. The predicted octanol–water partition coefficient (Wildman–Crippen LogP) is 3.18. The molecule has 0 saturated carbocycles. The van der Waals surface area contributed by atoms with Gasteiger partial charge in [-0.2, -0.15) is 0 Å². The molecule has 1 aromatic heterocycles. The molecule has 0 aliphatic carbocycles. The van der Waals surface area contributed by atoms with Crippen LogP contribution >= 0.6 is 11.5 Å². The first-order chi connectivity index (χ1) is 7.27. The van der Waals surface area contributed by atoms with Gasteiger partial charge in [0.25, 0.3) is 0 Å². The fourth-order valence-electron chi connectivity index (χ4n) is 1.73. The maximum Gasteiger partial charge on any atom is 0.104 e. The Balaban J connectivity index is 2.37. The van der Waals surface area contributed by atoms with Crippen molar-refractivity contribution < 1.29 is 5.11 Å². The Morgan fingerprint density at radius 1 is 1.47 bits per heavy atom. The average molecular weight is 228 g/mol. The highest BCUT2D eigenvalue weighted by atomic mass is 32.1. The molecule has 0 aliphatic rings. The number of hydrogen-bond donors (Lipinski definition) is 1. The van der Waals surface area contributed by atoms with E-state index in [1.54, 1.807) is 0 Å². The molecule has 1 heterocycles. The topological polar surface area (TPSA) is 46.0 Å². The Morgan fingerprint density at radius 2 is 2.27 bits per heavy atom. The second-order valence-corrected chi connectivity index (χ2v) is 4.61. The Morgan fingerprint density at radius 3 is 2.80 bits per heavy atom. The second-order valence-electron chi connectivity index (χ2n) is 4.00. The van der Waals surface area contributed by atoms with Crippen LogP contribution in [0.4, 0.5) is 0 Å². The summed E-state index contributed by atoms with van der Waals surface area (Å²) in [6.07, 6.45) is 5.22. The SMILES string of the molecule is CCCCC(CC)CC(O)c1csnn1. The Hall–Kier alpha value is -0.480. The van der Waals surface area contributed by atoms with Crippen molar-refractivity contribution in [1.82, 2.24) is 9.59 Å². The maximum atomic E-state index is 9.91. The van der Waals surface area contributed by atoms with Gasteiger partial charge in [-0.3, -0.25) is 0 Å². The van der Waals surface area contributed by atoms with Gasteiger partial charge in [-0.25, -0.2) is 0 Å². The molecule has 4 heteroatoms. The minimum absolute atomic E-state index is 0.425. The van der Waals surface area contributed by atoms with Crippen molar-refractivity contribution >= 4 is 11.5 Å². The standard InChI is InChI=1S/C11H20N2OS/c1-3-5-6-9(4-2)7-11(14)10-8-15-13-12-10/h8-9,11,14H,3-7H2,1-2H3. The van der Waals surface area contributed by atoms with E-state index in [0.29, 0.717) is 5.92 Å². The lowest BCUT2D eigenvalue weighted by Gasteiger charge is -2.17. The molecule has 2 unspecified atom stereocenters. The third kappa shape index (κ3) is 4.26. The van der Waals surface area contributed by atoms with Gasteiger partial charge in [0.05, 0.1) is 6.10 Å². The lowest BCUT2D eigenvalue weighted by atomic mass is 9.92. The van der Waals surface area contributed by atoms with Gasteiger partial charge in [0, 0.05) is 5.38 Å². The summed E-state index contributed by atoms with van der Waals surface area (Å²) in [7, 11) is 0. The molecule has 15 heavy (non-hydrogen) atoms. The summed E-state index contributed by atoms with van der Waals surface area (Å²) < 4.78 is 3.77. The number of hydrogen-bond acceptors (Lipinski definition) is 4. The molecule has 0 amide bonds. The van der Waals surface area contributed by atoms with E-state index in [1.165, 1.54) is 30.8 Å². The van der Waals surface area contributed by atoms with Gasteiger partial charge in [-0.15, -0.1) is 5.10 Å². The van der Waals surface area contributed by atoms with E-state index in [2.05, 4.69) is 23.4 Å². The molecule has 0 aliphatic heterocycles. The van der Waals surface area contributed by atoms with Crippen LogP contribution in [0.1, 0.15) is 57.7 Å². The van der Waals surface area contributed by atoms with Gasteiger partial charge in [0.2, 0.25) is 0 Å². The molecule has 0 spiro atoms. The van der Waals surface area contributed by atoms with Crippen LogP contribution in [0.3, 0.4) is 0 Å². The Bertz CT molecular complexity index is 251. The first kappa shape index (κ1) is 12.6. The van der Waals surface area contributed by atoms with Crippen LogP contribution < -0.4 is 0 Å². The van der Waals surface area contributed by atoms with E-state index in [1.807, 2.05) is 5.38 Å². The zero-order valence-electron chi connectivity index (χ0n) is 9.52. The second kappa shape index (κ2) is 6.90. The van der Waals surface area contributed by atoms with Gasteiger partial charge in [0.15, 0.2) is 0 Å². The molecule has 86 valence electrons. The molecule has 1 aromatic rings. The van der Waals surface area contributed by atoms with Crippen LogP contribution in [0.2, 0.25) is 0 Å². The van der Waals surface area contributed by atoms with E-state index in [4.69, 9.17) is 0 Å². The van der Waals surface area contributed by atoms with E-state index >= 15 is 0 Å². The lowest BCUT2D eigenvalue weighted by molar-refractivity contribution is 0.135. The largest absolute Gasteiger partial charge is 0.387 e. The monoisotopic (exact) mass is 228 g/mol. The average Bonchev–Trinajstić information content (AvgIpc) is 2.77. The van der Waals surface area contributed by atoms with Crippen molar-refractivity contribution in [2.75, 3.05) is 0 Å². The van der Waals surface area contributed by atoms with Crippen LogP contribution in [0, 0.1) is 5.92 Å². The summed E-state index contributed by atoms with van der Waals surface area (Å²) in [5, 5.41) is 15.6. The van der Waals surface area contributed by atoms with Crippen molar-refractivity contribution in [3.05, 3.63) is 11.1 Å². The molecule has 3 nitrogen and oxygen atoms in total.